The molecule has 0 aromatic heterocycles. The van der Waals surface area contributed by atoms with Gasteiger partial charge in [0.2, 0.25) is 0 Å². The van der Waals surface area contributed by atoms with Gasteiger partial charge in [-0.25, -0.2) is 28.0 Å². The zero-order valence-electron chi connectivity index (χ0n) is 45.7. The molecule has 0 unspecified atom stereocenters. The van der Waals surface area contributed by atoms with Gasteiger partial charge in [-0.15, -0.1) is 0 Å². The molecule has 0 heterocycles. The molecule has 4 aromatic rings. The van der Waals surface area contributed by atoms with E-state index >= 15 is 0 Å². The summed E-state index contributed by atoms with van der Waals surface area (Å²) in [4.78, 5) is 49.1. The molecular formula is C60H82F2N2O10. The van der Waals surface area contributed by atoms with Crippen LogP contribution in [0.2, 0.25) is 0 Å². The lowest BCUT2D eigenvalue weighted by Crippen LogP contribution is -2.45. The monoisotopic (exact) mass is 1030 g/mol. The van der Waals surface area contributed by atoms with E-state index in [0.29, 0.717) is 5.92 Å². The number of rotatable bonds is 25. The third kappa shape index (κ3) is 24.7. The van der Waals surface area contributed by atoms with E-state index in [1.807, 2.05) is 48.5 Å². The van der Waals surface area contributed by atoms with Crippen molar-refractivity contribution in [2.75, 3.05) is 27.4 Å². The number of benzene rings is 4. The van der Waals surface area contributed by atoms with E-state index in [9.17, 15) is 28.0 Å². The number of esters is 2. The minimum atomic E-state index is -0.885. The molecule has 0 aliphatic heterocycles. The molecule has 14 heteroatoms. The van der Waals surface area contributed by atoms with E-state index in [0.717, 1.165) is 49.7 Å². The number of carbonyl (C=O) groups excluding carboxylic acids is 4. The number of carbonyl (C=O) groups is 4. The first-order valence-electron chi connectivity index (χ1n) is 25.6. The van der Waals surface area contributed by atoms with Gasteiger partial charge in [-0.3, -0.25) is 5.32 Å². The Morgan fingerprint density at radius 1 is 0.554 bits per heavy atom. The van der Waals surface area contributed by atoms with Gasteiger partial charge >= 0.3 is 24.1 Å². The van der Waals surface area contributed by atoms with Crippen molar-refractivity contribution in [1.29, 1.82) is 0 Å². The molecule has 4 aromatic carbocycles. The molecule has 0 radical (unpaired) electrons. The van der Waals surface area contributed by atoms with Gasteiger partial charge in [0, 0.05) is 13.0 Å². The van der Waals surface area contributed by atoms with E-state index in [-0.39, 0.29) is 66.9 Å². The lowest BCUT2D eigenvalue weighted by Gasteiger charge is -2.31. The van der Waals surface area contributed by atoms with Crippen molar-refractivity contribution in [3.05, 3.63) is 155 Å². The summed E-state index contributed by atoms with van der Waals surface area (Å²) < 4.78 is 59.9. The smallest absolute Gasteiger partial charge is 0.412 e. The molecule has 74 heavy (non-hydrogen) atoms. The number of hydrogen-bond donors (Lipinski definition) is 2. The molecule has 2 amide bonds. The van der Waals surface area contributed by atoms with Crippen LogP contribution in [-0.2, 0) is 63.7 Å². The zero-order valence-corrected chi connectivity index (χ0v) is 45.7. The summed E-state index contributed by atoms with van der Waals surface area (Å²) in [5.74, 6) is -0.860. The number of methoxy groups -OCH3 is 2. The van der Waals surface area contributed by atoms with Gasteiger partial charge in [0.05, 0.1) is 33.0 Å². The van der Waals surface area contributed by atoms with Gasteiger partial charge in [-0.1, -0.05) is 113 Å². The molecule has 0 aliphatic rings. The summed E-state index contributed by atoms with van der Waals surface area (Å²) in [6, 6.07) is 32.7. The van der Waals surface area contributed by atoms with Crippen LogP contribution in [0.25, 0.3) is 0 Å². The van der Waals surface area contributed by atoms with E-state index < -0.39 is 41.4 Å². The summed E-state index contributed by atoms with van der Waals surface area (Å²) in [5.41, 5.74) is 3.07. The molecule has 12 nitrogen and oxygen atoms in total. The Balaban J connectivity index is 0.000000390. The number of nitrogens with one attached hydrogen (secondary N) is 2. The highest BCUT2D eigenvalue weighted by Crippen LogP contribution is 2.29. The highest BCUT2D eigenvalue weighted by Gasteiger charge is 2.30. The summed E-state index contributed by atoms with van der Waals surface area (Å²) in [5, 5.41) is 5.06. The number of hydrogen-bond acceptors (Lipinski definition) is 10. The standard InChI is InChI=1S/C30H42FNO5.C30H40FNO5/c2*1-21(2)25(20-23-12-15-24(31)16-13-23)27(17-14-22-10-8-7-9-11-22)36-19-18-26(28(33)35-6)32-29(34)37-30(3,4)5/h7-13,15-16,21,25-27H,14,17-20H2,1-6H3,(H,32,34);7-13,15-16,18,21,25,27H,14,17,19-20H2,1-6H3,(H,32,34)/t25-,26-,27+;25-,27+/m00/s1. The highest BCUT2D eigenvalue weighted by molar-refractivity contribution is 5.92. The Kier molecular flexibility index (Phi) is 26.5. The van der Waals surface area contributed by atoms with Crippen LogP contribution in [-0.4, -0.2) is 81.0 Å². The molecule has 0 saturated carbocycles. The third-order valence-electron chi connectivity index (χ3n) is 12.1. The fourth-order valence-electron chi connectivity index (χ4n) is 8.27. The molecule has 0 bridgehead atoms. The van der Waals surface area contributed by atoms with Gasteiger partial charge in [0.1, 0.15) is 34.6 Å². The van der Waals surface area contributed by atoms with Crippen LogP contribution in [0.1, 0.15) is 111 Å². The fraction of sp³-hybridized carbons (Fsp3) is 0.500. The minimum absolute atomic E-state index is 0.0433. The van der Waals surface area contributed by atoms with Crippen LogP contribution >= 0.6 is 0 Å². The first kappa shape index (κ1) is 62.2. The quantitative estimate of drug-likeness (QED) is 0.0373. The first-order valence-corrected chi connectivity index (χ1v) is 25.6. The minimum Gasteiger partial charge on any atom is -0.467 e. The number of ether oxygens (including phenoxy) is 6. The molecule has 2 N–H and O–H groups in total. The summed E-state index contributed by atoms with van der Waals surface area (Å²) in [6.07, 6.45) is 4.74. The highest BCUT2D eigenvalue weighted by atomic mass is 19.1. The Bertz CT molecular complexity index is 2290. The fourth-order valence-corrected chi connectivity index (χ4v) is 8.27. The topological polar surface area (TPSA) is 148 Å². The maximum atomic E-state index is 13.5. The van der Waals surface area contributed by atoms with Crippen LogP contribution in [0.5, 0.6) is 0 Å². The van der Waals surface area contributed by atoms with Crippen molar-refractivity contribution in [3.63, 3.8) is 0 Å². The Labute approximate surface area is 439 Å². The maximum absolute atomic E-state index is 13.5. The molecule has 0 saturated heterocycles. The SMILES string of the molecule is COC(=O)C(=CCO[C@H](CCc1ccccc1)[C@@H](Cc1ccc(F)cc1)C(C)C)NC(=O)OC(C)(C)C.COC(=O)[C@H](CCO[C@H](CCc1ccccc1)[C@@H](Cc1ccc(F)cc1)C(C)C)NC(=O)OC(C)(C)C. The molecule has 5 atom stereocenters. The Hall–Kier alpha value is -6.12. The van der Waals surface area contributed by atoms with Crippen molar-refractivity contribution in [3.8, 4) is 0 Å². The second kappa shape index (κ2) is 31.6. The number of aryl methyl sites for hydroxylation is 2. The van der Waals surface area contributed by atoms with Gasteiger partial charge in [0.15, 0.2) is 0 Å². The summed E-state index contributed by atoms with van der Waals surface area (Å²) in [7, 11) is 2.53. The van der Waals surface area contributed by atoms with Crippen molar-refractivity contribution in [2.24, 2.45) is 23.7 Å². The number of halogens is 2. The molecule has 0 fully saturated rings. The Morgan fingerprint density at radius 3 is 1.39 bits per heavy atom. The maximum Gasteiger partial charge on any atom is 0.412 e. The number of amides is 2. The van der Waals surface area contributed by atoms with Gasteiger partial charge in [0.25, 0.3) is 0 Å². The van der Waals surface area contributed by atoms with Crippen molar-refractivity contribution < 1.29 is 56.4 Å². The zero-order chi connectivity index (χ0) is 54.8. The van der Waals surface area contributed by atoms with Gasteiger partial charge in [-0.2, -0.15) is 0 Å². The first-order chi connectivity index (χ1) is 35.0. The van der Waals surface area contributed by atoms with Crippen LogP contribution in [0, 0.1) is 35.3 Å². The van der Waals surface area contributed by atoms with Crippen LogP contribution in [0.3, 0.4) is 0 Å². The van der Waals surface area contributed by atoms with E-state index in [4.69, 9.17) is 28.4 Å². The second-order valence-corrected chi connectivity index (χ2v) is 21.1. The largest absolute Gasteiger partial charge is 0.467 e. The van der Waals surface area contributed by atoms with Crippen molar-refractivity contribution >= 4 is 24.1 Å². The molecular weight excluding hydrogens is 947 g/mol. The predicted octanol–water partition coefficient (Wildman–Crippen LogP) is 12.4. The lowest BCUT2D eigenvalue weighted by molar-refractivity contribution is -0.144. The van der Waals surface area contributed by atoms with Gasteiger partial charge in [-0.05, 0) is 156 Å². The third-order valence-corrected chi connectivity index (χ3v) is 12.1. The van der Waals surface area contributed by atoms with Crippen LogP contribution in [0.4, 0.5) is 18.4 Å². The van der Waals surface area contributed by atoms with Crippen molar-refractivity contribution in [2.45, 2.75) is 144 Å². The second-order valence-electron chi connectivity index (χ2n) is 21.1. The summed E-state index contributed by atoms with van der Waals surface area (Å²) in [6.45, 7) is 19.4. The van der Waals surface area contributed by atoms with E-state index in [1.54, 1.807) is 53.7 Å². The lowest BCUT2D eigenvalue weighted by atomic mass is 9.82. The average molecular weight is 1030 g/mol. The van der Waals surface area contributed by atoms with Crippen LogP contribution in [0.15, 0.2) is 121 Å². The molecule has 406 valence electrons. The van der Waals surface area contributed by atoms with Crippen molar-refractivity contribution in [1.82, 2.24) is 10.6 Å². The molecule has 4 rings (SSSR count). The normalized spacial score (nSPS) is 13.9. The average Bonchev–Trinajstić information content (AvgIpc) is 3.34. The Morgan fingerprint density at radius 2 is 0.986 bits per heavy atom. The molecule has 0 spiro atoms. The van der Waals surface area contributed by atoms with Crippen LogP contribution < -0.4 is 10.6 Å². The van der Waals surface area contributed by atoms with Gasteiger partial charge < -0.3 is 33.7 Å². The summed E-state index contributed by atoms with van der Waals surface area (Å²) >= 11 is 0. The number of alkyl carbamates (subject to hydrolysis) is 2. The van der Waals surface area contributed by atoms with E-state index in [2.05, 4.69) is 62.6 Å². The predicted molar refractivity (Wildman–Crippen MR) is 285 cm³/mol. The van der Waals surface area contributed by atoms with E-state index in [1.165, 1.54) is 55.7 Å². The molecule has 0 aliphatic carbocycles.